The Balaban J connectivity index is 0.927. The maximum atomic E-state index is 13.8. The highest BCUT2D eigenvalue weighted by Gasteiger charge is 2.27. The van der Waals surface area contributed by atoms with Crippen molar-refractivity contribution < 1.29 is 35.8 Å². The summed E-state index contributed by atoms with van der Waals surface area (Å²) in [5.74, 6) is 3.99. The van der Waals surface area contributed by atoms with Crippen molar-refractivity contribution in [1.82, 2.24) is 0 Å². The molecule has 0 saturated heterocycles. The maximum absolute atomic E-state index is 13.8. The summed E-state index contributed by atoms with van der Waals surface area (Å²) in [5.41, 5.74) is 6.84. The third kappa shape index (κ3) is 11.0. The Bertz CT molecular complexity index is 3450. The number of aryl methyl sites for hydroxylation is 1. The van der Waals surface area contributed by atoms with Crippen LogP contribution in [0.5, 0.6) is 40.2 Å². The zero-order valence-electron chi connectivity index (χ0n) is 41.5. The van der Waals surface area contributed by atoms with Gasteiger partial charge in [0.2, 0.25) is 19.7 Å². The smallest absolute Gasteiger partial charge is 0.206 e. The fraction of sp³-hybridized carbons (Fsp3) is 0.161. The third-order valence-electron chi connectivity index (χ3n) is 13.0. The maximum Gasteiger partial charge on any atom is 0.206 e. The van der Waals surface area contributed by atoms with E-state index in [4.69, 9.17) is 18.9 Å². The molecule has 0 aromatic heterocycles. The predicted molar refractivity (Wildman–Crippen MR) is 287 cm³/mol. The average Bonchev–Trinajstić information content (AvgIpc) is 3.38. The van der Waals surface area contributed by atoms with E-state index in [0.717, 1.165) is 27.8 Å². The van der Waals surface area contributed by atoms with Crippen LogP contribution in [0.4, 0.5) is 0 Å². The van der Waals surface area contributed by atoms with Gasteiger partial charge in [0.1, 0.15) is 40.2 Å². The molecule has 0 heterocycles. The number of allylic oxidation sites excluding steroid dienone is 2. The lowest BCUT2D eigenvalue weighted by Crippen LogP contribution is -2.19. The van der Waals surface area contributed by atoms with Gasteiger partial charge in [-0.1, -0.05) is 106 Å². The Morgan fingerprint density at radius 1 is 0.458 bits per heavy atom. The van der Waals surface area contributed by atoms with Gasteiger partial charge in [-0.2, -0.15) is 0 Å². The molecule has 8 nitrogen and oxygen atoms in total. The molecule has 0 atom stereocenters. The number of benzene rings is 8. The molecule has 0 radical (unpaired) electrons. The van der Waals surface area contributed by atoms with Crippen molar-refractivity contribution in [2.45, 2.75) is 78.4 Å². The third-order valence-corrected chi connectivity index (χ3v) is 16.6. The molecule has 0 aliphatic carbocycles. The van der Waals surface area contributed by atoms with Gasteiger partial charge in [-0.3, -0.25) is 0 Å². The lowest BCUT2D eigenvalue weighted by atomic mass is 9.77. The fourth-order valence-corrected chi connectivity index (χ4v) is 11.0. The van der Waals surface area contributed by atoms with Crippen LogP contribution in [0.3, 0.4) is 0 Å². The number of hydrogen-bond donors (Lipinski definition) is 0. The molecule has 8 aromatic carbocycles. The number of rotatable bonds is 18. The molecule has 0 fully saturated rings. The van der Waals surface area contributed by atoms with Crippen LogP contribution in [0.25, 0.3) is 6.08 Å². The van der Waals surface area contributed by atoms with Crippen LogP contribution < -0.4 is 18.9 Å². The normalized spacial score (nSPS) is 12.1. The Morgan fingerprint density at radius 3 is 1.26 bits per heavy atom. The first-order valence-electron chi connectivity index (χ1n) is 23.6. The first kappa shape index (κ1) is 50.7. The predicted octanol–water partition coefficient (Wildman–Crippen LogP) is 15.5. The van der Waals surface area contributed by atoms with E-state index < -0.39 is 25.1 Å². The molecule has 0 unspecified atom stereocenters. The van der Waals surface area contributed by atoms with E-state index in [9.17, 15) is 16.8 Å². The first-order chi connectivity index (χ1) is 34.4. The van der Waals surface area contributed by atoms with E-state index in [-0.39, 0.29) is 25.0 Å². The number of hydrogen-bond acceptors (Lipinski definition) is 8. The second-order valence-electron chi connectivity index (χ2n) is 18.6. The van der Waals surface area contributed by atoms with Gasteiger partial charge in [0, 0.05) is 16.4 Å². The van der Waals surface area contributed by atoms with E-state index in [0.29, 0.717) is 46.7 Å². The monoisotopic (exact) mass is 994 g/mol. The Morgan fingerprint density at radius 2 is 0.819 bits per heavy atom. The van der Waals surface area contributed by atoms with Gasteiger partial charge >= 0.3 is 0 Å². The molecule has 72 heavy (non-hydrogen) atoms. The van der Waals surface area contributed by atoms with Crippen molar-refractivity contribution in [3.63, 3.8) is 0 Å². The van der Waals surface area contributed by atoms with Crippen LogP contribution in [-0.2, 0) is 36.9 Å². The summed E-state index contributed by atoms with van der Waals surface area (Å²) in [5, 5.41) is 0. The van der Waals surface area contributed by atoms with Crippen molar-refractivity contribution in [3.8, 4) is 40.2 Å². The zero-order chi connectivity index (χ0) is 51.3. The molecule has 8 aromatic rings. The van der Waals surface area contributed by atoms with E-state index in [2.05, 4.69) is 89.7 Å². The van der Waals surface area contributed by atoms with Crippen LogP contribution >= 0.6 is 0 Å². The quantitative estimate of drug-likeness (QED) is 0.0783. The molecule has 0 N–H and O–H groups in total. The van der Waals surface area contributed by atoms with Crippen molar-refractivity contribution in [2.24, 2.45) is 0 Å². The Kier molecular flexibility index (Phi) is 14.8. The summed E-state index contributed by atoms with van der Waals surface area (Å²) in [6.07, 6.45) is 6.29. The lowest BCUT2D eigenvalue weighted by Gasteiger charge is -2.28. The highest BCUT2D eigenvalue weighted by atomic mass is 32.2. The number of ether oxygens (including phenoxy) is 4. The molecule has 8 rings (SSSR count). The SMILES string of the molecule is C=CCc1cc(C(C)(C)c2ccc(Oc3ccc(S(=O)(=O)c4ccc(OC)cc4)cc3)c(/C=C/C)c2)ccc1Oc1ccc(S(=O)(=O)c2ccc(Oc3ccc(C(C)(C)c4ccc(C)cc4)cc3)cc2)cc1. The number of sulfone groups is 2. The molecule has 0 aliphatic rings. The summed E-state index contributed by atoms with van der Waals surface area (Å²) in [6.45, 7) is 16.7. The fourth-order valence-electron chi connectivity index (χ4n) is 8.44. The largest absolute Gasteiger partial charge is 0.497 e. The summed E-state index contributed by atoms with van der Waals surface area (Å²) in [6, 6.07) is 54.3. The van der Waals surface area contributed by atoms with Crippen LogP contribution in [0.2, 0.25) is 0 Å². The second kappa shape index (κ2) is 21.0. The van der Waals surface area contributed by atoms with Gasteiger partial charge in [-0.05, 0) is 175 Å². The average molecular weight is 995 g/mol. The van der Waals surface area contributed by atoms with Crippen LogP contribution in [0.15, 0.2) is 220 Å². The molecule has 0 bridgehead atoms. The van der Waals surface area contributed by atoms with E-state index in [1.54, 1.807) is 84.9 Å². The van der Waals surface area contributed by atoms with Crippen LogP contribution in [-0.4, -0.2) is 23.9 Å². The van der Waals surface area contributed by atoms with Crippen molar-refractivity contribution in [1.29, 1.82) is 0 Å². The van der Waals surface area contributed by atoms with E-state index in [1.165, 1.54) is 30.4 Å². The molecule has 0 saturated carbocycles. The first-order valence-corrected chi connectivity index (χ1v) is 26.6. The van der Waals surface area contributed by atoms with E-state index in [1.807, 2.05) is 61.5 Å². The molecule has 0 spiro atoms. The second-order valence-corrected chi connectivity index (χ2v) is 22.5. The van der Waals surface area contributed by atoms with Gasteiger partial charge in [0.25, 0.3) is 0 Å². The molecule has 0 aliphatic heterocycles. The van der Waals surface area contributed by atoms with Crippen LogP contribution in [0.1, 0.15) is 73.6 Å². The van der Waals surface area contributed by atoms with E-state index >= 15 is 0 Å². The molecule has 10 heteroatoms. The summed E-state index contributed by atoms with van der Waals surface area (Å²) in [7, 11) is -6.04. The van der Waals surface area contributed by atoms with Gasteiger partial charge in [-0.15, -0.1) is 6.58 Å². The van der Waals surface area contributed by atoms with Crippen molar-refractivity contribution in [2.75, 3.05) is 7.11 Å². The van der Waals surface area contributed by atoms with Crippen LogP contribution in [0, 0.1) is 6.92 Å². The summed E-state index contributed by atoms with van der Waals surface area (Å²) >= 11 is 0. The van der Waals surface area contributed by atoms with Gasteiger partial charge in [0.05, 0.1) is 26.7 Å². The van der Waals surface area contributed by atoms with Crippen molar-refractivity contribution >= 4 is 25.8 Å². The summed E-state index contributed by atoms with van der Waals surface area (Å²) < 4.78 is 78.1. The van der Waals surface area contributed by atoms with Gasteiger partial charge in [0.15, 0.2) is 0 Å². The Labute approximate surface area is 424 Å². The summed E-state index contributed by atoms with van der Waals surface area (Å²) in [4.78, 5) is 0.620. The highest BCUT2D eigenvalue weighted by Crippen LogP contribution is 2.40. The molecule has 366 valence electrons. The minimum atomic E-state index is -3.84. The minimum Gasteiger partial charge on any atom is -0.497 e. The number of methoxy groups -OCH3 is 1. The lowest BCUT2D eigenvalue weighted by molar-refractivity contribution is 0.414. The molecular weight excluding hydrogens is 937 g/mol. The molecule has 0 amide bonds. The van der Waals surface area contributed by atoms with Gasteiger partial charge in [-0.25, -0.2) is 16.8 Å². The van der Waals surface area contributed by atoms with Gasteiger partial charge < -0.3 is 18.9 Å². The van der Waals surface area contributed by atoms with Crippen molar-refractivity contribution in [3.05, 3.63) is 240 Å². The topological polar surface area (TPSA) is 105 Å². The minimum absolute atomic E-state index is 0.140. The standard InChI is InChI=1S/C62H58O8S2/c1-9-11-44-41-48(19-39-59(44)69-53-27-35-57(36-28-53)71(63,64)55-31-23-50(67-8)24-32-55)62(6,7)49-20-40-60(45(42-49)12-10-2)70-54-29-37-58(38-30-54)72(65,66)56-33-25-52(26-34-56)68-51-21-17-47(18-22-51)61(4,5)46-15-13-43(3)14-16-46/h9-11,13-42H,2,12H2,1,3-8H3/b11-9+. The zero-order valence-corrected chi connectivity index (χ0v) is 43.2. The Hall–Kier alpha value is -7.66. The highest BCUT2D eigenvalue weighted by molar-refractivity contribution is 7.91. The molecular formula is C62H58O8S2.